The van der Waals surface area contributed by atoms with Crippen LogP contribution in [0.15, 0.2) is 223 Å². The van der Waals surface area contributed by atoms with E-state index < -0.39 is 0 Å². The van der Waals surface area contributed by atoms with Crippen LogP contribution in [0, 0.1) is 0 Å². The number of aromatic nitrogens is 6. The van der Waals surface area contributed by atoms with E-state index in [4.69, 9.17) is 34.3 Å². The van der Waals surface area contributed by atoms with Gasteiger partial charge in [0, 0.05) is 44.2 Å². The summed E-state index contributed by atoms with van der Waals surface area (Å²) in [6.07, 6.45) is 0. The van der Waals surface area contributed by atoms with Crippen LogP contribution in [-0.4, -0.2) is 29.9 Å². The van der Waals surface area contributed by atoms with Crippen LogP contribution < -0.4 is 0 Å². The Hall–Kier alpha value is -8.94. The van der Waals surface area contributed by atoms with Crippen molar-refractivity contribution in [2.45, 2.75) is 0 Å². The summed E-state index contributed by atoms with van der Waals surface area (Å²) >= 11 is 0. The molecule has 0 saturated heterocycles. The standard InChI is InChI=1S/C58H36N6O/c1-4-17-37(18-5-1)43-26-12-13-28-46(43)56-60-53(40-20-6-2-7-21-40)59-55(62-56)42-33-31-39(32-34-42)48-36-52-49(45-27-14-15-30-51(45)65-52)35-50(48)58-63-54(41-22-8-3-9-23-41)61-57(64-58)47-29-16-24-38-19-10-11-25-44(38)47/h1-36H. The van der Waals surface area contributed by atoms with Crippen molar-refractivity contribution >= 4 is 32.7 Å². The smallest absolute Gasteiger partial charge is 0.164 e. The largest absolute Gasteiger partial charge is 0.456 e. The molecule has 0 fully saturated rings. The summed E-state index contributed by atoms with van der Waals surface area (Å²) in [5.74, 6) is 3.51. The Morgan fingerprint density at radius 3 is 1.34 bits per heavy atom. The van der Waals surface area contributed by atoms with Crippen molar-refractivity contribution in [2.24, 2.45) is 0 Å². The van der Waals surface area contributed by atoms with E-state index in [0.29, 0.717) is 34.9 Å². The summed E-state index contributed by atoms with van der Waals surface area (Å²) in [7, 11) is 0. The summed E-state index contributed by atoms with van der Waals surface area (Å²) < 4.78 is 6.50. The molecule has 0 spiro atoms. The Morgan fingerprint density at radius 1 is 0.231 bits per heavy atom. The van der Waals surface area contributed by atoms with Gasteiger partial charge in [-0.2, -0.15) is 0 Å². The maximum atomic E-state index is 6.50. The summed E-state index contributed by atoms with van der Waals surface area (Å²) in [6, 6.07) is 74.1. The number of fused-ring (bicyclic) bond motifs is 4. The van der Waals surface area contributed by atoms with Crippen molar-refractivity contribution in [2.75, 3.05) is 0 Å². The number of hydrogen-bond donors (Lipinski definition) is 0. The highest BCUT2D eigenvalue weighted by Gasteiger charge is 2.21. The Balaban J connectivity index is 1.04. The highest BCUT2D eigenvalue weighted by Crippen LogP contribution is 2.41. The molecule has 0 saturated carbocycles. The Kier molecular flexibility index (Phi) is 9.34. The van der Waals surface area contributed by atoms with E-state index in [1.54, 1.807) is 0 Å². The zero-order valence-corrected chi connectivity index (χ0v) is 34.9. The van der Waals surface area contributed by atoms with Gasteiger partial charge in [0.2, 0.25) is 0 Å². The predicted octanol–water partition coefficient (Wildman–Crippen LogP) is 14.4. The van der Waals surface area contributed by atoms with E-state index in [9.17, 15) is 0 Å². The average Bonchev–Trinajstić information content (AvgIpc) is 3.76. The molecule has 12 rings (SSSR count). The molecule has 65 heavy (non-hydrogen) atoms. The SMILES string of the molecule is c1ccc(-c2nc(-c3ccc(-c4cc5oc6ccccc6c5cc4-c4nc(-c5ccccc5)nc(-c5cccc6ccccc56)n4)cc3)nc(-c3ccccc3-c3ccccc3)n2)cc1. The van der Waals surface area contributed by atoms with E-state index >= 15 is 0 Å². The maximum absolute atomic E-state index is 6.50. The van der Waals surface area contributed by atoms with Gasteiger partial charge in [-0.3, -0.25) is 0 Å². The maximum Gasteiger partial charge on any atom is 0.164 e. The van der Waals surface area contributed by atoms with Gasteiger partial charge in [-0.15, -0.1) is 0 Å². The molecule has 9 aromatic carbocycles. The van der Waals surface area contributed by atoms with Crippen LogP contribution in [0.1, 0.15) is 0 Å². The van der Waals surface area contributed by atoms with Gasteiger partial charge >= 0.3 is 0 Å². The third-order valence-electron chi connectivity index (χ3n) is 11.8. The molecule has 0 aliphatic rings. The van der Waals surface area contributed by atoms with Crippen molar-refractivity contribution in [1.82, 2.24) is 29.9 Å². The predicted molar refractivity (Wildman–Crippen MR) is 261 cm³/mol. The summed E-state index contributed by atoms with van der Waals surface area (Å²) in [5.41, 5.74) is 10.9. The van der Waals surface area contributed by atoms with Crippen molar-refractivity contribution in [3.05, 3.63) is 218 Å². The first-order chi connectivity index (χ1) is 32.2. The molecular formula is C58H36N6O. The second-order valence-electron chi connectivity index (χ2n) is 15.9. The van der Waals surface area contributed by atoms with Crippen molar-refractivity contribution < 1.29 is 4.42 Å². The second kappa shape index (κ2) is 16.1. The van der Waals surface area contributed by atoms with Gasteiger partial charge in [-0.25, -0.2) is 29.9 Å². The molecule has 0 amide bonds. The number of benzene rings is 9. The number of para-hydroxylation sites is 1. The topological polar surface area (TPSA) is 90.5 Å². The number of rotatable bonds is 8. The molecule has 0 radical (unpaired) electrons. The van der Waals surface area contributed by atoms with Crippen LogP contribution in [0.25, 0.3) is 123 Å². The minimum atomic E-state index is 0.555. The van der Waals surface area contributed by atoms with Crippen molar-refractivity contribution in [3.63, 3.8) is 0 Å². The number of furan rings is 1. The van der Waals surface area contributed by atoms with E-state index in [-0.39, 0.29) is 0 Å². The Bertz CT molecular complexity index is 3700. The molecule has 3 aromatic heterocycles. The highest BCUT2D eigenvalue weighted by molar-refractivity contribution is 6.08. The molecular weight excluding hydrogens is 797 g/mol. The van der Waals surface area contributed by atoms with E-state index in [0.717, 1.165) is 88.3 Å². The van der Waals surface area contributed by atoms with Crippen LogP contribution in [0.3, 0.4) is 0 Å². The zero-order valence-electron chi connectivity index (χ0n) is 34.9. The highest BCUT2D eigenvalue weighted by atomic mass is 16.3. The molecule has 3 heterocycles. The molecule has 7 heteroatoms. The first-order valence-corrected chi connectivity index (χ1v) is 21.5. The van der Waals surface area contributed by atoms with Gasteiger partial charge in [0.25, 0.3) is 0 Å². The van der Waals surface area contributed by atoms with E-state index in [1.807, 2.05) is 109 Å². The molecule has 0 N–H and O–H groups in total. The van der Waals surface area contributed by atoms with Gasteiger partial charge in [0.15, 0.2) is 34.9 Å². The number of hydrogen-bond acceptors (Lipinski definition) is 7. The quantitative estimate of drug-likeness (QED) is 0.151. The van der Waals surface area contributed by atoms with Crippen LogP contribution in [0.2, 0.25) is 0 Å². The third-order valence-corrected chi connectivity index (χ3v) is 11.8. The fourth-order valence-corrected chi connectivity index (χ4v) is 8.64. The molecule has 0 aliphatic carbocycles. The monoisotopic (exact) mass is 832 g/mol. The lowest BCUT2D eigenvalue weighted by molar-refractivity contribution is 0.669. The van der Waals surface area contributed by atoms with Crippen molar-refractivity contribution in [1.29, 1.82) is 0 Å². The molecule has 0 atom stereocenters. The summed E-state index contributed by atoms with van der Waals surface area (Å²) in [6.45, 7) is 0. The fourth-order valence-electron chi connectivity index (χ4n) is 8.64. The van der Waals surface area contributed by atoms with Gasteiger partial charge in [0.05, 0.1) is 0 Å². The molecule has 12 aromatic rings. The molecule has 304 valence electrons. The van der Waals surface area contributed by atoms with Crippen LogP contribution in [0.4, 0.5) is 0 Å². The van der Waals surface area contributed by atoms with Gasteiger partial charge in [-0.1, -0.05) is 200 Å². The third kappa shape index (κ3) is 7.07. The van der Waals surface area contributed by atoms with Crippen LogP contribution in [-0.2, 0) is 0 Å². The Morgan fingerprint density at radius 2 is 0.662 bits per heavy atom. The normalized spacial score (nSPS) is 11.4. The molecule has 7 nitrogen and oxygen atoms in total. The minimum Gasteiger partial charge on any atom is -0.456 e. The van der Waals surface area contributed by atoms with E-state index in [1.165, 1.54) is 0 Å². The van der Waals surface area contributed by atoms with Crippen LogP contribution >= 0.6 is 0 Å². The summed E-state index contributed by atoms with van der Waals surface area (Å²) in [4.78, 5) is 30.9. The Labute approximate surface area is 374 Å². The molecule has 0 aliphatic heterocycles. The number of nitrogens with zero attached hydrogens (tertiary/aromatic N) is 6. The minimum absolute atomic E-state index is 0.555. The second-order valence-corrected chi connectivity index (χ2v) is 15.9. The van der Waals surface area contributed by atoms with E-state index in [2.05, 4.69) is 109 Å². The first-order valence-electron chi connectivity index (χ1n) is 21.5. The fraction of sp³-hybridized carbons (Fsp3) is 0. The molecule has 0 unspecified atom stereocenters. The van der Waals surface area contributed by atoms with Crippen molar-refractivity contribution in [3.8, 4) is 90.6 Å². The lowest BCUT2D eigenvalue weighted by Crippen LogP contribution is -2.02. The lowest BCUT2D eigenvalue weighted by Gasteiger charge is -2.14. The van der Waals surface area contributed by atoms with Gasteiger partial charge in [0.1, 0.15) is 11.2 Å². The average molecular weight is 833 g/mol. The van der Waals surface area contributed by atoms with Gasteiger partial charge < -0.3 is 4.42 Å². The summed E-state index contributed by atoms with van der Waals surface area (Å²) in [5, 5.41) is 4.18. The first kappa shape index (κ1) is 37.8. The zero-order chi connectivity index (χ0) is 43.1. The molecule has 0 bridgehead atoms. The van der Waals surface area contributed by atoms with Crippen LogP contribution in [0.5, 0.6) is 0 Å². The van der Waals surface area contributed by atoms with Gasteiger partial charge in [-0.05, 0) is 51.2 Å². The lowest BCUT2D eigenvalue weighted by atomic mass is 9.95.